The summed E-state index contributed by atoms with van der Waals surface area (Å²) in [5, 5.41) is 16.5. The molecule has 10 heteroatoms. The van der Waals surface area contributed by atoms with Gasteiger partial charge in [-0.25, -0.2) is 4.79 Å². The normalized spacial score (nSPS) is 11.7. The molecule has 1 aromatic carbocycles. The van der Waals surface area contributed by atoms with E-state index in [1.54, 1.807) is 12.1 Å². The number of methoxy groups -OCH3 is 1. The number of rotatable bonds is 7. The number of esters is 1. The Morgan fingerprint density at radius 2 is 2.14 bits per heavy atom. The number of aromatic nitrogens is 4. The Hall–Kier alpha value is -3.27. The Morgan fingerprint density at radius 3 is 2.86 bits per heavy atom. The van der Waals surface area contributed by atoms with Gasteiger partial charge < -0.3 is 14.8 Å². The summed E-state index contributed by atoms with van der Waals surface area (Å²) in [6.07, 6.45) is -1.00. The highest BCUT2D eigenvalue weighted by molar-refractivity contribution is 7.13. The van der Waals surface area contributed by atoms with Gasteiger partial charge in [0.15, 0.2) is 12.6 Å². The van der Waals surface area contributed by atoms with E-state index < -0.39 is 18.0 Å². The van der Waals surface area contributed by atoms with E-state index in [9.17, 15) is 9.59 Å². The van der Waals surface area contributed by atoms with Gasteiger partial charge in [-0.05, 0) is 48.2 Å². The topological polar surface area (TPSA) is 108 Å². The average Bonchev–Trinajstić information content (AvgIpc) is 3.33. The number of hydrogen-bond donors (Lipinski definition) is 1. The zero-order valence-corrected chi connectivity index (χ0v) is 16.4. The SMILES string of the molecule is COc1ccc(C)cc1NC(=O)[C@@H](C)OC(=O)Cn1nnc(-c2cccs2)n1. The molecule has 3 aromatic rings. The first-order chi connectivity index (χ1) is 13.5. The third-order valence-electron chi connectivity index (χ3n) is 3.76. The largest absolute Gasteiger partial charge is 0.495 e. The van der Waals surface area contributed by atoms with E-state index in [0.717, 1.165) is 15.2 Å². The number of ether oxygens (including phenoxy) is 2. The monoisotopic (exact) mass is 401 g/mol. The molecule has 1 N–H and O–H groups in total. The highest BCUT2D eigenvalue weighted by Gasteiger charge is 2.20. The van der Waals surface area contributed by atoms with Crippen LogP contribution >= 0.6 is 11.3 Å². The van der Waals surface area contributed by atoms with Crippen LogP contribution in [0.2, 0.25) is 0 Å². The van der Waals surface area contributed by atoms with Gasteiger partial charge in [-0.15, -0.1) is 21.5 Å². The number of nitrogens with one attached hydrogen (secondary N) is 1. The van der Waals surface area contributed by atoms with Crippen molar-refractivity contribution in [1.82, 2.24) is 20.2 Å². The number of thiophene rings is 1. The second-order valence-corrected chi connectivity index (χ2v) is 6.89. The number of carbonyl (C=O) groups excluding carboxylic acids is 2. The van der Waals surface area contributed by atoms with Gasteiger partial charge in [-0.3, -0.25) is 4.79 Å². The number of nitrogens with zero attached hydrogens (tertiary/aromatic N) is 4. The Kier molecular flexibility index (Phi) is 5.99. The van der Waals surface area contributed by atoms with Crippen molar-refractivity contribution < 1.29 is 19.1 Å². The van der Waals surface area contributed by atoms with E-state index in [1.807, 2.05) is 30.5 Å². The fraction of sp³-hybridized carbons (Fsp3) is 0.278. The molecule has 9 nitrogen and oxygen atoms in total. The van der Waals surface area contributed by atoms with Crippen LogP contribution in [0.4, 0.5) is 5.69 Å². The van der Waals surface area contributed by atoms with Crippen LogP contribution in [0, 0.1) is 6.92 Å². The summed E-state index contributed by atoms with van der Waals surface area (Å²) in [5.74, 6) is -0.164. The molecule has 0 saturated heterocycles. The van der Waals surface area contributed by atoms with Crippen LogP contribution < -0.4 is 10.1 Å². The van der Waals surface area contributed by atoms with Gasteiger partial charge in [-0.2, -0.15) is 4.80 Å². The van der Waals surface area contributed by atoms with Crippen LogP contribution in [0.25, 0.3) is 10.7 Å². The number of anilines is 1. The summed E-state index contributed by atoms with van der Waals surface area (Å²) >= 11 is 1.47. The van der Waals surface area contributed by atoms with Crippen molar-refractivity contribution in [3.8, 4) is 16.5 Å². The van der Waals surface area contributed by atoms with E-state index >= 15 is 0 Å². The smallest absolute Gasteiger partial charge is 0.330 e. The third kappa shape index (κ3) is 4.71. The minimum absolute atomic E-state index is 0.246. The number of tetrazole rings is 1. The lowest BCUT2D eigenvalue weighted by Crippen LogP contribution is -2.31. The first-order valence-electron chi connectivity index (χ1n) is 8.43. The number of hydrogen-bond acceptors (Lipinski definition) is 8. The number of aryl methyl sites for hydroxylation is 1. The van der Waals surface area contributed by atoms with Gasteiger partial charge in [0.1, 0.15) is 5.75 Å². The van der Waals surface area contributed by atoms with Gasteiger partial charge in [0.25, 0.3) is 5.91 Å². The van der Waals surface area contributed by atoms with Crippen molar-refractivity contribution in [2.45, 2.75) is 26.5 Å². The summed E-state index contributed by atoms with van der Waals surface area (Å²) in [7, 11) is 1.51. The molecule has 2 heterocycles. The highest BCUT2D eigenvalue weighted by atomic mass is 32.1. The van der Waals surface area contributed by atoms with E-state index in [-0.39, 0.29) is 6.54 Å². The molecule has 146 valence electrons. The van der Waals surface area contributed by atoms with Gasteiger partial charge in [0.05, 0.1) is 17.7 Å². The van der Waals surface area contributed by atoms with Crippen molar-refractivity contribution >= 4 is 28.9 Å². The fourth-order valence-corrected chi connectivity index (χ4v) is 3.02. The van der Waals surface area contributed by atoms with E-state index in [0.29, 0.717) is 17.3 Å². The fourth-order valence-electron chi connectivity index (χ4n) is 2.37. The highest BCUT2D eigenvalue weighted by Crippen LogP contribution is 2.25. The summed E-state index contributed by atoms with van der Waals surface area (Å²) in [4.78, 5) is 26.4. The minimum atomic E-state index is -1.00. The lowest BCUT2D eigenvalue weighted by molar-refractivity contribution is -0.154. The maximum atomic E-state index is 12.3. The van der Waals surface area contributed by atoms with Crippen LogP contribution in [0.15, 0.2) is 35.7 Å². The molecular weight excluding hydrogens is 382 g/mol. The molecule has 0 saturated carbocycles. The van der Waals surface area contributed by atoms with Crippen molar-refractivity contribution in [2.75, 3.05) is 12.4 Å². The maximum Gasteiger partial charge on any atom is 0.330 e. The second kappa shape index (κ2) is 8.61. The quantitative estimate of drug-likeness (QED) is 0.605. The molecular formula is C18H19N5O4S. The first kappa shape index (κ1) is 19.5. The molecule has 0 bridgehead atoms. The van der Waals surface area contributed by atoms with Gasteiger partial charge >= 0.3 is 5.97 Å². The molecule has 1 amide bonds. The molecule has 28 heavy (non-hydrogen) atoms. The average molecular weight is 401 g/mol. The molecule has 2 aromatic heterocycles. The Morgan fingerprint density at radius 1 is 1.32 bits per heavy atom. The predicted molar refractivity (Wildman–Crippen MR) is 103 cm³/mol. The summed E-state index contributed by atoms with van der Waals surface area (Å²) in [6.45, 7) is 3.14. The number of benzene rings is 1. The Bertz CT molecular complexity index is 970. The standard InChI is InChI=1S/C18H19N5O4S/c1-11-6-7-14(26-3)13(9-11)19-18(25)12(2)27-16(24)10-23-21-17(20-22-23)15-5-4-8-28-15/h4-9,12H,10H2,1-3H3,(H,19,25)/t12-/m1/s1. The minimum Gasteiger partial charge on any atom is -0.495 e. The molecule has 0 radical (unpaired) electrons. The number of carbonyl (C=O) groups is 2. The summed E-state index contributed by atoms with van der Waals surface area (Å²) in [5.41, 5.74) is 1.47. The second-order valence-electron chi connectivity index (χ2n) is 5.95. The van der Waals surface area contributed by atoms with E-state index in [2.05, 4.69) is 20.7 Å². The molecule has 0 aliphatic carbocycles. The Labute approximate surface area is 165 Å². The molecule has 0 spiro atoms. The predicted octanol–water partition coefficient (Wildman–Crippen LogP) is 2.29. The molecule has 0 aliphatic rings. The molecule has 0 unspecified atom stereocenters. The molecule has 0 aliphatic heterocycles. The Balaban J connectivity index is 1.57. The van der Waals surface area contributed by atoms with Gasteiger partial charge in [-0.1, -0.05) is 12.1 Å². The van der Waals surface area contributed by atoms with E-state index in [4.69, 9.17) is 9.47 Å². The van der Waals surface area contributed by atoms with Crippen molar-refractivity contribution in [3.63, 3.8) is 0 Å². The molecule has 1 atom stereocenters. The van der Waals surface area contributed by atoms with Gasteiger partial charge in [0.2, 0.25) is 5.82 Å². The van der Waals surface area contributed by atoms with Crippen LogP contribution in [0.5, 0.6) is 5.75 Å². The van der Waals surface area contributed by atoms with Crippen molar-refractivity contribution in [1.29, 1.82) is 0 Å². The van der Waals surface area contributed by atoms with Crippen molar-refractivity contribution in [3.05, 3.63) is 41.3 Å². The van der Waals surface area contributed by atoms with Crippen LogP contribution in [-0.2, 0) is 20.9 Å². The third-order valence-corrected chi connectivity index (χ3v) is 4.62. The van der Waals surface area contributed by atoms with Crippen LogP contribution in [0.1, 0.15) is 12.5 Å². The lowest BCUT2D eigenvalue weighted by atomic mass is 10.2. The summed E-state index contributed by atoms with van der Waals surface area (Å²) < 4.78 is 10.4. The zero-order chi connectivity index (χ0) is 20.1. The maximum absolute atomic E-state index is 12.3. The summed E-state index contributed by atoms with van der Waals surface area (Å²) in [6, 6.07) is 9.13. The van der Waals surface area contributed by atoms with E-state index in [1.165, 1.54) is 25.4 Å². The lowest BCUT2D eigenvalue weighted by Gasteiger charge is -2.15. The van der Waals surface area contributed by atoms with Gasteiger partial charge in [0, 0.05) is 0 Å². The zero-order valence-electron chi connectivity index (χ0n) is 15.6. The van der Waals surface area contributed by atoms with Crippen molar-refractivity contribution in [2.24, 2.45) is 0 Å². The number of amides is 1. The van der Waals surface area contributed by atoms with Crippen LogP contribution in [-0.4, -0.2) is 45.3 Å². The molecule has 0 fully saturated rings. The molecule has 3 rings (SSSR count). The first-order valence-corrected chi connectivity index (χ1v) is 9.31. The van der Waals surface area contributed by atoms with Crippen LogP contribution in [0.3, 0.4) is 0 Å².